The van der Waals surface area contributed by atoms with Crippen molar-refractivity contribution in [2.45, 2.75) is 52.4 Å². The van der Waals surface area contributed by atoms with Crippen LogP contribution in [-0.2, 0) is 14.2 Å². The fourth-order valence-corrected chi connectivity index (χ4v) is 1.66. The topological polar surface area (TPSA) is 48.0 Å². The summed E-state index contributed by atoms with van der Waals surface area (Å²) in [7, 11) is 3.03. The number of carbonyl (C=O) groups is 1. The first-order valence-electron chi connectivity index (χ1n) is 6.60. The third-order valence-electron chi connectivity index (χ3n) is 2.97. The average molecular weight is 261 g/mol. The summed E-state index contributed by atoms with van der Waals surface area (Å²) in [4.78, 5) is 13.4. The molecule has 0 saturated carbocycles. The van der Waals surface area contributed by atoms with E-state index in [1.807, 2.05) is 0 Å². The molecule has 0 rings (SSSR count). The van der Waals surface area contributed by atoms with Gasteiger partial charge in [0.1, 0.15) is 0 Å². The fraction of sp³-hybridized carbons (Fsp3) is 0.923. The average Bonchev–Trinajstić information content (AvgIpc) is 2.38. The zero-order valence-electron chi connectivity index (χ0n) is 12.3. The van der Waals surface area contributed by atoms with Crippen molar-refractivity contribution in [2.24, 2.45) is 0 Å². The fourth-order valence-electron chi connectivity index (χ4n) is 1.66. The Morgan fingerprint density at radius 1 is 1.11 bits per heavy atom. The van der Waals surface area contributed by atoms with Gasteiger partial charge in [-0.1, -0.05) is 26.2 Å². The van der Waals surface area contributed by atoms with Gasteiger partial charge in [0.05, 0.1) is 6.61 Å². The molecule has 18 heavy (non-hydrogen) atoms. The molecule has 0 aromatic heterocycles. The van der Waals surface area contributed by atoms with Crippen molar-refractivity contribution in [3.63, 3.8) is 0 Å². The predicted molar refractivity (Wildman–Crippen MR) is 70.3 cm³/mol. The summed E-state index contributed by atoms with van der Waals surface area (Å²) in [6, 6.07) is 0. The molecule has 0 spiro atoms. The second-order valence-corrected chi connectivity index (χ2v) is 4.22. The van der Waals surface area contributed by atoms with Crippen molar-refractivity contribution < 1.29 is 19.0 Å². The van der Waals surface area contributed by atoms with E-state index < -0.39 is 12.0 Å². The molecule has 5 nitrogen and oxygen atoms in total. The van der Waals surface area contributed by atoms with E-state index in [-0.39, 0.29) is 0 Å². The van der Waals surface area contributed by atoms with E-state index in [1.54, 1.807) is 13.8 Å². The molecule has 0 saturated heterocycles. The second-order valence-electron chi connectivity index (χ2n) is 4.22. The van der Waals surface area contributed by atoms with Crippen LogP contribution in [0.3, 0.4) is 0 Å². The van der Waals surface area contributed by atoms with Crippen LogP contribution in [0, 0.1) is 0 Å². The molecule has 1 amide bonds. The van der Waals surface area contributed by atoms with Gasteiger partial charge in [0.25, 0.3) is 5.91 Å². The molecule has 0 aliphatic carbocycles. The Morgan fingerprint density at radius 2 is 1.72 bits per heavy atom. The van der Waals surface area contributed by atoms with E-state index in [9.17, 15) is 4.79 Å². The molecule has 5 heteroatoms. The summed E-state index contributed by atoms with van der Waals surface area (Å²) < 4.78 is 15.6. The summed E-state index contributed by atoms with van der Waals surface area (Å²) in [5.41, 5.74) is 0. The van der Waals surface area contributed by atoms with Gasteiger partial charge in [0, 0.05) is 27.7 Å². The van der Waals surface area contributed by atoms with Crippen molar-refractivity contribution in [1.29, 1.82) is 0 Å². The van der Waals surface area contributed by atoms with Crippen molar-refractivity contribution in [2.75, 3.05) is 27.4 Å². The molecule has 0 heterocycles. The molecule has 0 radical (unpaired) electrons. The molecule has 0 unspecified atom stereocenters. The van der Waals surface area contributed by atoms with Gasteiger partial charge in [-0.3, -0.25) is 4.90 Å². The number of ether oxygens (including phenoxy) is 3. The lowest BCUT2D eigenvalue weighted by Gasteiger charge is -2.37. The maximum absolute atomic E-state index is 11.9. The van der Waals surface area contributed by atoms with E-state index in [2.05, 4.69) is 6.92 Å². The normalized spacial score (nSPS) is 11.4. The Hall–Kier alpha value is -0.810. The Labute approximate surface area is 110 Å². The molecule has 0 aliphatic heterocycles. The van der Waals surface area contributed by atoms with Gasteiger partial charge >= 0.3 is 6.09 Å². The zero-order chi connectivity index (χ0) is 14.0. The van der Waals surface area contributed by atoms with Crippen LogP contribution in [-0.4, -0.2) is 44.3 Å². The number of carbonyl (C=O) groups excluding carboxylic acids is 1. The molecular weight excluding hydrogens is 234 g/mol. The van der Waals surface area contributed by atoms with Crippen LogP contribution in [0.25, 0.3) is 0 Å². The monoisotopic (exact) mass is 261 g/mol. The molecule has 0 N–H and O–H groups in total. The van der Waals surface area contributed by atoms with Gasteiger partial charge in [0.2, 0.25) is 0 Å². The van der Waals surface area contributed by atoms with Gasteiger partial charge in [-0.25, -0.2) is 4.79 Å². The highest BCUT2D eigenvalue weighted by Crippen LogP contribution is 2.19. The Balaban J connectivity index is 4.56. The molecule has 0 aliphatic rings. The minimum Gasteiger partial charge on any atom is -0.450 e. The van der Waals surface area contributed by atoms with Crippen LogP contribution in [0.2, 0.25) is 0 Å². The highest BCUT2D eigenvalue weighted by atomic mass is 16.7. The summed E-state index contributed by atoms with van der Waals surface area (Å²) in [5.74, 6) is -1.07. The zero-order valence-corrected chi connectivity index (χ0v) is 12.3. The summed E-state index contributed by atoms with van der Waals surface area (Å²) in [6.07, 6.45) is 3.91. The Morgan fingerprint density at radius 3 is 2.17 bits per heavy atom. The lowest BCUT2D eigenvalue weighted by atomic mass is 10.2. The van der Waals surface area contributed by atoms with Crippen LogP contribution >= 0.6 is 0 Å². The first-order chi connectivity index (χ1) is 8.55. The number of methoxy groups -OCH3 is 2. The van der Waals surface area contributed by atoms with Crippen molar-refractivity contribution in [3.05, 3.63) is 0 Å². The van der Waals surface area contributed by atoms with Crippen molar-refractivity contribution >= 4 is 6.09 Å². The summed E-state index contributed by atoms with van der Waals surface area (Å²) in [5, 5.41) is 0. The highest BCUT2D eigenvalue weighted by molar-refractivity contribution is 5.68. The SMILES string of the molecule is CCCCCCN(C(=O)OCC)C(C)(OC)OC. The van der Waals surface area contributed by atoms with Crippen molar-refractivity contribution in [3.8, 4) is 0 Å². The van der Waals surface area contributed by atoms with Gasteiger partial charge < -0.3 is 14.2 Å². The lowest BCUT2D eigenvalue weighted by Crippen LogP contribution is -2.53. The minimum absolute atomic E-state index is 0.341. The predicted octanol–water partition coefficient (Wildman–Crippen LogP) is 2.99. The lowest BCUT2D eigenvalue weighted by molar-refractivity contribution is -0.270. The third kappa shape index (κ3) is 5.23. The van der Waals surface area contributed by atoms with Crippen LogP contribution in [0.1, 0.15) is 46.5 Å². The van der Waals surface area contributed by atoms with Gasteiger partial charge in [-0.15, -0.1) is 0 Å². The quantitative estimate of drug-likeness (QED) is 0.473. The van der Waals surface area contributed by atoms with Crippen LogP contribution in [0.4, 0.5) is 4.79 Å². The highest BCUT2D eigenvalue weighted by Gasteiger charge is 2.36. The molecule has 0 atom stereocenters. The van der Waals surface area contributed by atoms with E-state index in [1.165, 1.54) is 19.1 Å². The number of hydrogen-bond acceptors (Lipinski definition) is 4. The van der Waals surface area contributed by atoms with Crippen molar-refractivity contribution in [1.82, 2.24) is 4.90 Å². The third-order valence-corrected chi connectivity index (χ3v) is 2.97. The summed E-state index contributed by atoms with van der Waals surface area (Å²) in [6.45, 7) is 6.55. The van der Waals surface area contributed by atoms with Crippen LogP contribution in [0.15, 0.2) is 0 Å². The summed E-state index contributed by atoms with van der Waals surface area (Å²) >= 11 is 0. The molecule has 108 valence electrons. The number of rotatable bonds is 9. The molecule has 0 bridgehead atoms. The Kier molecular flexibility index (Phi) is 8.75. The standard InChI is InChI=1S/C13H27NO4/c1-6-8-9-10-11-14(12(15)18-7-2)13(3,16-4)17-5/h6-11H2,1-5H3. The van der Waals surface area contributed by atoms with E-state index in [0.717, 1.165) is 25.7 Å². The van der Waals surface area contributed by atoms with Gasteiger partial charge in [-0.2, -0.15) is 0 Å². The van der Waals surface area contributed by atoms with Gasteiger partial charge in [-0.05, 0) is 13.3 Å². The maximum atomic E-state index is 11.9. The van der Waals surface area contributed by atoms with E-state index in [0.29, 0.717) is 13.2 Å². The first-order valence-corrected chi connectivity index (χ1v) is 6.60. The molecular formula is C13H27NO4. The van der Waals surface area contributed by atoms with E-state index in [4.69, 9.17) is 14.2 Å². The minimum atomic E-state index is -1.07. The van der Waals surface area contributed by atoms with Crippen LogP contribution < -0.4 is 0 Å². The number of nitrogens with zero attached hydrogens (tertiary/aromatic N) is 1. The maximum Gasteiger partial charge on any atom is 0.413 e. The largest absolute Gasteiger partial charge is 0.450 e. The molecule has 0 fully saturated rings. The number of amides is 1. The number of unbranched alkanes of at least 4 members (excludes halogenated alkanes) is 3. The van der Waals surface area contributed by atoms with E-state index >= 15 is 0 Å². The smallest absolute Gasteiger partial charge is 0.413 e. The molecule has 0 aromatic rings. The van der Waals surface area contributed by atoms with Gasteiger partial charge in [0.15, 0.2) is 0 Å². The van der Waals surface area contributed by atoms with Crippen LogP contribution in [0.5, 0.6) is 0 Å². The molecule has 0 aromatic carbocycles. The first kappa shape index (κ1) is 17.2. The second kappa shape index (κ2) is 9.16. The Bertz CT molecular complexity index is 229. The number of hydrogen-bond donors (Lipinski definition) is 0.